The summed E-state index contributed by atoms with van der Waals surface area (Å²) in [5, 5.41) is 4.43. The van der Waals surface area contributed by atoms with Gasteiger partial charge in [0.2, 0.25) is 0 Å². The molecule has 0 fully saturated rings. The first kappa shape index (κ1) is 12.9. The number of nitrogens with one attached hydrogen (secondary N) is 1. The second-order valence-electron chi connectivity index (χ2n) is 4.80. The van der Waals surface area contributed by atoms with Crippen molar-refractivity contribution in [3.8, 4) is 0 Å². The zero-order valence-corrected chi connectivity index (χ0v) is 12.4. The van der Waals surface area contributed by atoms with E-state index in [2.05, 4.69) is 42.6 Å². The van der Waals surface area contributed by atoms with E-state index in [9.17, 15) is 0 Å². The Morgan fingerprint density at radius 2 is 2.00 bits per heavy atom. The molecule has 3 heteroatoms. The number of thioether (sulfide) groups is 1. The molecule has 2 aromatic carbocycles. The fourth-order valence-corrected chi connectivity index (χ4v) is 3.88. The number of hydrogen-bond acceptors (Lipinski definition) is 2. The van der Waals surface area contributed by atoms with Gasteiger partial charge in [0.05, 0.1) is 16.8 Å². The third-order valence-electron chi connectivity index (χ3n) is 3.50. The second kappa shape index (κ2) is 5.48. The number of para-hydroxylation sites is 1. The molecule has 0 amide bonds. The summed E-state index contributed by atoms with van der Waals surface area (Å²) >= 11 is 8.25. The number of anilines is 1. The lowest BCUT2D eigenvalue weighted by Crippen LogP contribution is -2.16. The first-order chi connectivity index (χ1) is 9.25. The maximum Gasteiger partial charge on any atom is 0.0640 e. The predicted molar refractivity (Wildman–Crippen MR) is 84.3 cm³/mol. The van der Waals surface area contributed by atoms with Crippen LogP contribution in [-0.2, 0) is 0 Å². The molecule has 0 saturated heterocycles. The molecule has 1 nitrogen and oxygen atoms in total. The molecule has 0 saturated carbocycles. The minimum absolute atomic E-state index is 0.357. The van der Waals surface area contributed by atoms with Crippen molar-refractivity contribution >= 4 is 29.1 Å². The maximum atomic E-state index is 6.31. The molecule has 0 aliphatic carbocycles. The number of rotatable bonds is 2. The minimum Gasteiger partial charge on any atom is -0.377 e. The zero-order chi connectivity index (χ0) is 13.2. The zero-order valence-electron chi connectivity index (χ0n) is 10.8. The van der Waals surface area contributed by atoms with Gasteiger partial charge in [0.1, 0.15) is 0 Å². The van der Waals surface area contributed by atoms with E-state index in [4.69, 9.17) is 11.6 Å². The molecule has 0 bridgehead atoms. The molecule has 98 valence electrons. The minimum atomic E-state index is 0.357. The topological polar surface area (TPSA) is 12.0 Å². The van der Waals surface area contributed by atoms with Crippen molar-refractivity contribution in [1.82, 2.24) is 0 Å². The average Bonchev–Trinajstić information content (AvgIpc) is 2.43. The van der Waals surface area contributed by atoms with Gasteiger partial charge < -0.3 is 5.32 Å². The number of fused-ring (bicyclic) bond motifs is 1. The van der Waals surface area contributed by atoms with Crippen LogP contribution in [0.3, 0.4) is 0 Å². The van der Waals surface area contributed by atoms with E-state index >= 15 is 0 Å². The number of benzene rings is 2. The Morgan fingerprint density at radius 3 is 2.84 bits per heavy atom. The third-order valence-corrected chi connectivity index (χ3v) is 4.94. The number of halogens is 1. The Hall–Kier alpha value is -1.12. The van der Waals surface area contributed by atoms with E-state index < -0.39 is 0 Å². The Labute approximate surface area is 123 Å². The number of aryl methyl sites for hydroxylation is 1. The summed E-state index contributed by atoms with van der Waals surface area (Å²) in [6.07, 6.45) is 1.13. The molecular weight excluding hydrogens is 274 g/mol. The molecule has 3 rings (SSSR count). The highest BCUT2D eigenvalue weighted by atomic mass is 35.5. The highest BCUT2D eigenvalue weighted by molar-refractivity contribution is 7.99. The van der Waals surface area contributed by atoms with Gasteiger partial charge in [0, 0.05) is 10.6 Å². The van der Waals surface area contributed by atoms with Gasteiger partial charge in [0.15, 0.2) is 0 Å². The van der Waals surface area contributed by atoms with E-state index in [1.807, 2.05) is 23.9 Å². The molecule has 0 radical (unpaired) electrons. The van der Waals surface area contributed by atoms with Crippen molar-refractivity contribution < 1.29 is 0 Å². The normalized spacial score (nSPS) is 17.9. The van der Waals surface area contributed by atoms with Gasteiger partial charge in [-0.2, -0.15) is 0 Å². The molecule has 1 aliphatic rings. The van der Waals surface area contributed by atoms with Crippen molar-refractivity contribution in [3.63, 3.8) is 0 Å². The summed E-state index contributed by atoms with van der Waals surface area (Å²) in [5.41, 5.74) is 3.65. The Kier molecular flexibility index (Phi) is 3.72. The first-order valence-corrected chi connectivity index (χ1v) is 7.85. The Bertz CT molecular complexity index is 577. The molecule has 0 spiro atoms. The monoisotopic (exact) mass is 289 g/mol. The summed E-state index contributed by atoms with van der Waals surface area (Å²) in [5.74, 6) is 1.15. The van der Waals surface area contributed by atoms with Crippen molar-refractivity contribution in [2.24, 2.45) is 0 Å². The van der Waals surface area contributed by atoms with E-state index in [1.165, 1.54) is 16.0 Å². The van der Waals surface area contributed by atoms with Crippen LogP contribution >= 0.6 is 23.4 Å². The van der Waals surface area contributed by atoms with Crippen molar-refractivity contribution in [3.05, 3.63) is 58.6 Å². The lowest BCUT2D eigenvalue weighted by atomic mass is 10.0. The molecule has 1 atom stereocenters. The summed E-state index contributed by atoms with van der Waals surface area (Å²) in [4.78, 5) is 1.39. The lowest BCUT2D eigenvalue weighted by Gasteiger charge is -2.27. The Morgan fingerprint density at radius 1 is 1.16 bits per heavy atom. The van der Waals surface area contributed by atoms with Crippen LogP contribution < -0.4 is 5.32 Å². The highest BCUT2D eigenvalue weighted by Crippen LogP contribution is 2.39. The molecule has 1 heterocycles. The van der Waals surface area contributed by atoms with Gasteiger partial charge in [-0.15, -0.1) is 11.8 Å². The SMILES string of the molecule is Cc1cccc(Cl)c1NC1CCSc2ccccc21. The summed E-state index contributed by atoms with van der Waals surface area (Å²) in [6, 6.07) is 15.0. The molecular formula is C16H16ClNS. The van der Waals surface area contributed by atoms with E-state index in [0.717, 1.165) is 22.9 Å². The fraction of sp³-hybridized carbons (Fsp3) is 0.250. The third kappa shape index (κ3) is 2.60. The molecule has 1 aliphatic heterocycles. The number of hydrogen-bond donors (Lipinski definition) is 1. The quantitative estimate of drug-likeness (QED) is 0.805. The van der Waals surface area contributed by atoms with Crippen LogP contribution in [0.1, 0.15) is 23.6 Å². The van der Waals surface area contributed by atoms with Gasteiger partial charge in [-0.05, 0) is 36.6 Å². The van der Waals surface area contributed by atoms with Crippen LogP contribution in [0.25, 0.3) is 0 Å². The van der Waals surface area contributed by atoms with Crippen LogP contribution in [0.15, 0.2) is 47.4 Å². The Balaban J connectivity index is 1.93. The smallest absolute Gasteiger partial charge is 0.0640 e. The van der Waals surface area contributed by atoms with Crippen molar-refractivity contribution in [1.29, 1.82) is 0 Å². The van der Waals surface area contributed by atoms with Crippen LogP contribution in [0.2, 0.25) is 5.02 Å². The lowest BCUT2D eigenvalue weighted by molar-refractivity contribution is 0.728. The summed E-state index contributed by atoms with van der Waals surface area (Å²) in [7, 11) is 0. The largest absolute Gasteiger partial charge is 0.377 e. The molecule has 1 unspecified atom stereocenters. The van der Waals surface area contributed by atoms with Crippen LogP contribution in [0, 0.1) is 6.92 Å². The van der Waals surface area contributed by atoms with Crippen molar-refractivity contribution in [2.75, 3.05) is 11.1 Å². The molecule has 0 aromatic heterocycles. The second-order valence-corrected chi connectivity index (χ2v) is 6.35. The standard InChI is InChI=1S/C16H16ClNS/c1-11-5-4-7-13(17)16(11)18-14-9-10-19-15-8-3-2-6-12(14)15/h2-8,14,18H,9-10H2,1H3. The maximum absolute atomic E-state index is 6.31. The van der Waals surface area contributed by atoms with Gasteiger partial charge in [-0.1, -0.05) is 41.9 Å². The van der Waals surface area contributed by atoms with Crippen LogP contribution in [-0.4, -0.2) is 5.75 Å². The van der Waals surface area contributed by atoms with Crippen LogP contribution in [0.5, 0.6) is 0 Å². The van der Waals surface area contributed by atoms with E-state index in [0.29, 0.717) is 6.04 Å². The molecule has 2 aromatic rings. The van der Waals surface area contributed by atoms with Crippen LogP contribution in [0.4, 0.5) is 5.69 Å². The molecule has 1 N–H and O–H groups in total. The van der Waals surface area contributed by atoms with E-state index in [1.54, 1.807) is 0 Å². The highest BCUT2D eigenvalue weighted by Gasteiger charge is 2.21. The van der Waals surface area contributed by atoms with Gasteiger partial charge in [-0.25, -0.2) is 0 Å². The van der Waals surface area contributed by atoms with E-state index in [-0.39, 0.29) is 0 Å². The van der Waals surface area contributed by atoms with Gasteiger partial charge >= 0.3 is 0 Å². The predicted octanol–water partition coefficient (Wildman–Crippen LogP) is 5.30. The summed E-state index contributed by atoms with van der Waals surface area (Å²) < 4.78 is 0. The fourth-order valence-electron chi connectivity index (χ4n) is 2.48. The van der Waals surface area contributed by atoms with Gasteiger partial charge in [-0.3, -0.25) is 0 Å². The van der Waals surface area contributed by atoms with Crippen molar-refractivity contribution in [2.45, 2.75) is 24.3 Å². The average molecular weight is 290 g/mol. The van der Waals surface area contributed by atoms with Gasteiger partial charge in [0.25, 0.3) is 0 Å². The first-order valence-electron chi connectivity index (χ1n) is 6.49. The summed E-state index contributed by atoms with van der Waals surface area (Å²) in [6.45, 7) is 2.09. The molecule has 19 heavy (non-hydrogen) atoms.